The second-order valence-electron chi connectivity index (χ2n) is 6.82. The number of halogens is 2. The van der Waals surface area contributed by atoms with E-state index in [1.54, 1.807) is 47.3 Å². The van der Waals surface area contributed by atoms with Gasteiger partial charge in [-0.15, -0.1) is 0 Å². The molecule has 160 valence electrons. The molecule has 0 amide bonds. The molecule has 0 bridgehead atoms. The van der Waals surface area contributed by atoms with Crippen LogP contribution < -0.4 is 0 Å². The van der Waals surface area contributed by atoms with E-state index in [1.807, 2.05) is 6.92 Å². The van der Waals surface area contributed by atoms with Gasteiger partial charge in [0, 0.05) is 36.6 Å². The Kier molecular flexibility index (Phi) is 7.25. The van der Waals surface area contributed by atoms with Gasteiger partial charge in [0.15, 0.2) is 0 Å². The number of nitrogens with zero attached hydrogens (tertiary/aromatic N) is 3. The first-order chi connectivity index (χ1) is 14.3. The number of hydrogen-bond acceptors (Lipinski definition) is 4. The van der Waals surface area contributed by atoms with E-state index in [9.17, 15) is 12.8 Å². The van der Waals surface area contributed by atoms with Gasteiger partial charge in [0.2, 0.25) is 10.0 Å². The lowest BCUT2D eigenvalue weighted by atomic mass is 10.2. The van der Waals surface area contributed by atoms with Crippen LogP contribution in [0.5, 0.6) is 0 Å². The summed E-state index contributed by atoms with van der Waals surface area (Å²) in [5.41, 5.74) is 1.29. The summed E-state index contributed by atoms with van der Waals surface area (Å²) in [4.78, 5) is 4.49. The van der Waals surface area contributed by atoms with E-state index in [1.165, 1.54) is 23.5 Å². The molecule has 30 heavy (non-hydrogen) atoms. The van der Waals surface area contributed by atoms with Crippen LogP contribution in [0.2, 0.25) is 5.02 Å². The van der Waals surface area contributed by atoms with E-state index < -0.39 is 15.8 Å². The molecule has 3 rings (SSSR count). The number of rotatable bonds is 9. The van der Waals surface area contributed by atoms with Crippen molar-refractivity contribution in [2.75, 3.05) is 20.3 Å². The maximum atomic E-state index is 14.2. The van der Waals surface area contributed by atoms with E-state index in [-0.39, 0.29) is 31.1 Å². The molecule has 1 aromatic heterocycles. The molecule has 0 N–H and O–H groups in total. The van der Waals surface area contributed by atoms with Crippen LogP contribution in [0.15, 0.2) is 59.8 Å². The summed E-state index contributed by atoms with van der Waals surface area (Å²) in [6.45, 7) is 2.43. The normalized spacial score (nSPS) is 11.9. The standard InChI is InChI=1S/C21H23ClFN3O3S/c1-16-6-8-17(9-7-16)30(27,28)26(12-13-29-2)15-21-24-10-11-25(21)14-18-19(22)4-3-5-20(18)23/h3-11H,12-15H2,1-2H3. The fourth-order valence-corrected chi connectivity index (χ4v) is 4.59. The van der Waals surface area contributed by atoms with E-state index in [0.29, 0.717) is 16.4 Å². The van der Waals surface area contributed by atoms with Crippen molar-refractivity contribution >= 4 is 21.6 Å². The first kappa shape index (κ1) is 22.4. The maximum Gasteiger partial charge on any atom is 0.243 e. The van der Waals surface area contributed by atoms with Gasteiger partial charge in [0.25, 0.3) is 0 Å². The Morgan fingerprint density at radius 2 is 1.93 bits per heavy atom. The van der Waals surface area contributed by atoms with Crippen LogP contribution in [0.1, 0.15) is 17.0 Å². The van der Waals surface area contributed by atoms with Crippen molar-refractivity contribution < 1.29 is 17.5 Å². The first-order valence-corrected chi connectivity index (χ1v) is 11.1. The summed E-state index contributed by atoms with van der Waals surface area (Å²) in [7, 11) is -2.26. The molecule has 0 aliphatic carbocycles. The van der Waals surface area contributed by atoms with E-state index in [2.05, 4.69) is 4.98 Å². The Morgan fingerprint density at radius 1 is 1.20 bits per heavy atom. The molecule has 0 unspecified atom stereocenters. The Bertz CT molecular complexity index is 1080. The van der Waals surface area contributed by atoms with Crippen LogP contribution in [-0.2, 0) is 27.8 Å². The fourth-order valence-electron chi connectivity index (χ4n) is 2.98. The number of imidazole rings is 1. The largest absolute Gasteiger partial charge is 0.383 e. The molecule has 0 saturated heterocycles. The van der Waals surface area contributed by atoms with Gasteiger partial charge in [-0.1, -0.05) is 35.4 Å². The molecule has 1 heterocycles. The van der Waals surface area contributed by atoms with E-state index in [0.717, 1.165) is 5.56 Å². The second-order valence-corrected chi connectivity index (χ2v) is 9.16. The number of sulfonamides is 1. The third-order valence-electron chi connectivity index (χ3n) is 4.71. The van der Waals surface area contributed by atoms with Gasteiger partial charge in [-0.2, -0.15) is 4.31 Å². The van der Waals surface area contributed by atoms with Gasteiger partial charge < -0.3 is 9.30 Å². The van der Waals surface area contributed by atoms with Crippen molar-refractivity contribution in [2.24, 2.45) is 0 Å². The number of ether oxygens (including phenoxy) is 1. The summed E-state index contributed by atoms with van der Waals surface area (Å²) in [6.07, 6.45) is 3.22. The summed E-state index contributed by atoms with van der Waals surface area (Å²) in [5.74, 6) is 0.0479. The highest BCUT2D eigenvalue weighted by atomic mass is 35.5. The molecule has 0 radical (unpaired) electrons. The van der Waals surface area contributed by atoms with E-state index >= 15 is 0 Å². The summed E-state index contributed by atoms with van der Waals surface area (Å²) in [5, 5.41) is 0.304. The van der Waals surface area contributed by atoms with Crippen molar-refractivity contribution in [3.05, 3.63) is 82.6 Å². The van der Waals surface area contributed by atoms with Crippen LogP contribution in [0.4, 0.5) is 4.39 Å². The lowest BCUT2D eigenvalue weighted by Gasteiger charge is -2.22. The highest BCUT2D eigenvalue weighted by Gasteiger charge is 2.26. The minimum absolute atomic E-state index is 0.0125. The zero-order chi connectivity index (χ0) is 21.7. The first-order valence-electron chi connectivity index (χ1n) is 9.31. The Hall–Kier alpha value is -2.26. The highest BCUT2D eigenvalue weighted by molar-refractivity contribution is 7.89. The van der Waals surface area contributed by atoms with Crippen LogP contribution in [0.3, 0.4) is 0 Å². The minimum atomic E-state index is -3.77. The summed E-state index contributed by atoms with van der Waals surface area (Å²) < 4.78 is 48.7. The number of methoxy groups -OCH3 is 1. The van der Waals surface area contributed by atoms with Crippen LogP contribution >= 0.6 is 11.6 Å². The van der Waals surface area contributed by atoms with E-state index in [4.69, 9.17) is 16.3 Å². The summed E-state index contributed by atoms with van der Waals surface area (Å²) >= 11 is 6.14. The van der Waals surface area contributed by atoms with Crippen molar-refractivity contribution in [1.82, 2.24) is 13.9 Å². The third kappa shape index (κ3) is 5.07. The fraction of sp³-hybridized carbons (Fsp3) is 0.286. The molecule has 0 spiro atoms. The van der Waals surface area contributed by atoms with Crippen LogP contribution in [-0.4, -0.2) is 42.5 Å². The number of aryl methyl sites for hydroxylation is 1. The Morgan fingerprint density at radius 3 is 2.60 bits per heavy atom. The smallest absolute Gasteiger partial charge is 0.243 e. The molecule has 6 nitrogen and oxygen atoms in total. The molecular weight excluding hydrogens is 429 g/mol. The number of benzene rings is 2. The van der Waals surface area contributed by atoms with Gasteiger partial charge in [-0.25, -0.2) is 17.8 Å². The topological polar surface area (TPSA) is 64.4 Å². The zero-order valence-corrected chi connectivity index (χ0v) is 18.3. The van der Waals surface area contributed by atoms with Gasteiger partial charge in [-0.3, -0.25) is 0 Å². The molecule has 0 saturated carbocycles. The molecule has 3 aromatic rings. The lowest BCUT2D eigenvalue weighted by molar-refractivity contribution is 0.176. The molecule has 0 aliphatic rings. The van der Waals surface area contributed by atoms with Crippen LogP contribution in [0, 0.1) is 12.7 Å². The minimum Gasteiger partial charge on any atom is -0.383 e. The Balaban J connectivity index is 1.90. The third-order valence-corrected chi connectivity index (χ3v) is 6.93. The molecule has 9 heteroatoms. The monoisotopic (exact) mass is 451 g/mol. The second kappa shape index (κ2) is 9.70. The predicted molar refractivity (Wildman–Crippen MR) is 113 cm³/mol. The van der Waals surface area contributed by atoms with Crippen LogP contribution in [0.25, 0.3) is 0 Å². The molecule has 0 atom stereocenters. The maximum absolute atomic E-state index is 14.2. The summed E-state index contributed by atoms with van der Waals surface area (Å²) in [6, 6.07) is 11.2. The number of aromatic nitrogens is 2. The highest BCUT2D eigenvalue weighted by Crippen LogP contribution is 2.22. The van der Waals surface area contributed by atoms with Gasteiger partial charge in [-0.05, 0) is 31.2 Å². The van der Waals surface area contributed by atoms with Crippen molar-refractivity contribution in [2.45, 2.75) is 24.9 Å². The molecule has 2 aromatic carbocycles. The Labute approximate surface area is 180 Å². The molecular formula is C21H23ClFN3O3S. The van der Waals surface area contributed by atoms with Gasteiger partial charge in [0.05, 0.1) is 24.6 Å². The van der Waals surface area contributed by atoms with Gasteiger partial charge >= 0.3 is 0 Å². The molecule has 0 fully saturated rings. The lowest BCUT2D eigenvalue weighted by Crippen LogP contribution is -2.34. The quantitative estimate of drug-likeness (QED) is 0.495. The average molecular weight is 452 g/mol. The molecule has 0 aliphatic heterocycles. The van der Waals surface area contributed by atoms with Crippen molar-refractivity contribution in [3.8, 4) is 0 Å². The van der Waals surface area contributed by atoms with Crippen molar-refractivity contribution in [3.63, 3.8) is 0 Å². The van der Waals surface area contributed by atoms with Crippen molar-refractivity contribution in [1.29, 1.82) is 0 Å². The average Bonchev–Trinajstić information content (AvgIpc) is 3.15. The number of hydrogen-bond donors (Lipinski definition) is 0. The zero-order valence-electron chi connectivity index (χ0n) is 16.8. The predicted octanol–water partition coefficient (Wildman–Crippen LogP) is 3.87. The SMILES string of the molecule is COCCN(Cc1nccn1Cc1c(F)cccc1Cl)S(=O)(=O)c1ccc(C)cc1. The van der Waals surface area contributed by atoms with Gasteiger partial charge in [0.1, 0.15) is 11.6 Å².